The predicted octanol–water partition coefficient (Wildman–Crippen LogP) is 2.84. The van der Waals surface area contributed by atoms with Crippen molar-refractivity contribution in [2.24, 2.45) is 0 Å². The number of ether oxygens (including phenoxy) is 2. The van der Waals surface area contributed by atoms with Crippen LogP contribution in [0.1, 0.15) is 10.4 Å². The number of carbonyl (C=O) groups excluding carboxylic acids is 1. The molecular formula is C25H30F2N4O3S. The van der Waals surface area contributed by atoms with Gasteiger partial charge in [0.1, 0.15) is 11.6 Å². The van der Waals surface area contributed by atoms with Crippen molar-refractivity contribution in [1.29, 1.82) is 0 Å². The number of thiocarbonyl (C=S) groups is 1. The number of nitrogens with zero attached hydrogens (tertiary/aromatic N) is 3. The van der Waals surface area contributed by atoms with E-state index < -0.39 is 5.82 Å². The van der Waals surface area contributed by atoms with Gasteiger partial charge in [0.25, 0.3) is 5.91 Å². The molecule has 4 rings (SSSR count). The highest BCUT2D eigenvalue weighted by Crippen LogP contribution is 2.15. The molecule has 2 heterocycles. The Kier molecular flexibility index (Phi) is 8.97. The van der Waals surface area contributed by atoms with Crippen LogP contribution in [0.15, 0.2) is 48.5 Å². The van der Waals surface area contributed by atoms with Gasteiger partial charge in [0, 0.05) is 51.5 Å². The molecule has 0 radical (unpaired) electrons. The van der Waals surface area contributed by atoms with E-state index >= 15 is 0 Å². The largest absolute Gasteiger partial charge is 0.379 e. The molecule has 0 spiro atoms. The number of anilines is 1. The lowest BCUT2D eigenvalue weighted by molar-refractivity contribution is -0.0229. The lowest BCUT2D eigenvalue weighted by atomic mass is 10.1. The first-order valence-electron chi connectivity index (χ1n) is 11.8. The Morgan fingerprint density at radius 2 is 1.80 bits per heavy atom. The molecule has 10 heteroatoms. The topological polar surface area (TPSA) is 57.3 Å². The summed E-state index contributed by atoms with van der Waals surface area (Å²) in [6, 6.07) is 12.0. The minimum absolute atomic E-state index is 0.0515. The summed E-state index contributed by atoms with van der Waals surface area (Å²) in [5.74, 6) is -1.21. The second kappa shape index (κ2) is 12.3. The minimum atomic E-state index is -0.537. The Morgan fingerprint density at radius 1 is 1.06 bits per heavy atom. The molecule has 2 aromatic rings. The van der Waals surface area contributed by atoms with Crippen LogP contribution in [0.3, 0.4) is 0 Å². The second-order valence-electron chi connectivity index (χ2n) is 8.56. The molecule has 0 bridgehead atoms. The summed E-state index contributed by atoms with van der Waals surface area (Å²) in [5.41, 5.74) is 0.747. The van der Waals surface area contributed by atoms with Gasteiger partial charge in [-0.3, -0.25) is 9.69 Å². The highest BCUT2D eigenvalue weighted by Gasteiger charge is 2.28. The fourth-order valence-electron chi connectivity index (χ4n) is 4.16. The van der Waals surface area contributed by atoms with Gasteiger partial charge in [-0.05, 0) is 48.6 Å². The number of hydrogen-bond acceptors (Lipinski definition) is 5. The summed E-state index contributed by atoms with van der Waals surface area (Å²) in [5, 5.41) is 3.63. The standard InChI is InChI=1S/C25H30F2N4O3S/c26-19-5-7-20(8-6-19)28-25(35)31-13-16-34-21(18-31)17-30(10-9-29-11-14-33-15-12-29)24(32)22-3-1-2-4-23(22)27/h1-8,21H,9-18H2,(H,28,35)/t21-/m0/s1. The number of carbonyl (C=O) groups is 1. The van der Waals surface area contributed by atoms with Crippen molar-refractivity contribution in [3.63, 3.8) is 0 Å². The van der Waals surface area contributed by atoms with Crippen LogP contribution in [0.4, 0.5) is 14.5 Å². The molecule has 2 aliphatic heterocycles. The van der Waals surface area contributed by atoms with Gasteiger partial charge in [0.2, 0.25) is 0 Å². The summed E-state index contributed by atoms with van der Waals surface area (Å²) in [6.45, 7) is 5.90. The van der Waals surface area contributed by atoms with Crippen LogP contribution in [0, 0.1) is 11.6 Å². The van der Waals surface area contributed by atoms with Gasteiger partial charge in [0.15, 0.2) is 5.11 Å². The number of rotatable bonds is 7. The number of morpholine rings is 2. The number of nitrogens with one attached hydrogen (secondary N) is 1. The monoisotopic (exact) mass is 504 g/mol. The third-order valence-electron chi connectivity index (χ3n) is 6.13. The van der Waals surface area contributed by atoms with Crippen molar-refractivity contribution in [3.05, 3.63) is 65.7 Å². The van der Waals surface area contributed by atoms with Crippen molar-refractivity contribution in [2.75, 3.05) is 71.0 Å². The normalized spacial score (nSPS) is 18.8. The van der Waals surface area contributed by atoms with E-state index in [4.69, 9.17) is 21.7 Å². The molecule has 35 heavy (non-hydrogen) atoms. The zero-order valence-corrected chi connectivity index (χ0v) is 20.3. The zero-order chi connectivity index (χ0) is 24.6. The van der Waals surface area contributed by atoms with Gasteiger partial charge in [-0.2, -0.15) is 0 Å². The van der Waals surface area contributed by atoms with Crippen LogP contribution in [0.5, 0.6) is 0 Å². The van der Waals surface area contributed by atoms with E-state index in [0.29, 0.717) is 63.3 Å². The number of hydrogen-bond donors (Lipinski definition) is 1. The maximum atomic E-state index is 14.4. The molecule has 0 aromatic heterocycles. The summed E-state index contributed by atoms with van der Waals surface area (Å²) in [6.07, 6.45) is -0.294. The molecular weight excluding hydrogens is 474 g/mol. The maximum absolute atomic E-state index is 14.4. The lowest BCUT2D eigenvalue weighted by Gasteiger charge is -2.37. The van der Waals surface area contributed by atoms with Crippen LogP contribution in [-0.2, 0) is 9.47 Å². The average Bonchev–Trinajstić information content (AvgIpc) is 2.88. The highest BCUT2D eigenvalue weighted by molar-refractivity contribution is 7.80. The first kappa shape index (κ1) is 25.4. The third-order valence-corrected chi connectivity index (χ3v) is 6.49. The molecule has 1 atom stereocenters. The molecule has 188 valence electrons. The van der Waals surface area contributed by atoms with Gasteiger partial charge in [0.05, 0.1) is 31.5 Å². The third kappa shape index (κ3) is 7.17. The van der Waals surface area contributed by atoms with Crippen LogP contribution < -0.4 is 5.32 Å². The molecule has 1 amide bonds. The molecule has 2 saturated heterocycles. The summed E-state index contributed by atoms with van der Waals surface area (Å²) in [4.78, 5) is 19.2. The molecule has 2 aliphatic rings. The van der Waals surface area contributed by atoms with Crippen molar-refractivity contribution < 1.29 is 23.0 Å². The van der Waals surface area contributed by atoms with Gasteiger partial charge >= 0.3 is 0 Å². The molecule has 0 unspecified atom stereocenters. The molecule has 0 saturated carbocycles. The second-order valence-corrected chi connectivity index (χ2v) is 8.95. The SMILES string of the molecule is O=C(c1ccccc1F)N(CCN1CCOCC1)C[C@H]1CN(C(=S)Nc2ccc(F)cc2)CCO1. The fraction of sp³-hybridized carbons (Fsp3) is 0.440. The predicted molar refractivity (Wildman–Crippen MR) is 133 cm³/mol. The lowest BCUT2D eigenvalue weighted by Crippen LogP contribution is -2.52. The first-order valence-corrected chi connectivity index (χ1v) is 12.2. The van der Waals surface area contributed by atoms with Crippen LogP contribution in [-0.4, -0.2) is 97.5 Å². The van der Waals surface area contributed by atoms with E-state index in [-0.39, 0.29) is 23.4 Å². The smallest absolute Gasteiger partial charge is 0.256 e. The zero-order valence-electron chi connectivity index (χ0n) is 19.5. The quantitative estimate of drug-likeness (QED) is 0.582. The van der Waals surface area contributed by atoms with Crippen LogP contribution in [0.25, 0.3) is 0 Å². The van der Waals surface area contributed by atoms with Gasteiger partial charge in [-0.15, -0.1) is 0 Å². The van der Waals surface area contributed by atoms with Gasteiger partial charge < -0.3 is 24.6 Å². The van der Waals surface area contributed by atoms with E-state index in [9.17, 15) is 13.6 Å². The Hall–Kier alpha value is -2.66. The molecule has 2 fully saturated rings. The Morgan fingerprint density at radius 3 is 2.54 bits per heavy atom. The van der Waals surface area contributed by atoms with E-state index in [1.54, 1.807) is 29.2 Å². The Balaban J connectivity index is 1.40. The number of benzene rings is 2. The number of halogens is 2. The Labute approximate surface area is 209 Å². The van der Waals surface area contributed by atoms with Gasteiger partial charge in [-0.1, -0.05) is 12.1 Å². The van der Waals surface area contributed by atoms with Crippen molar-refractivity contribution in [3.8, 4) is 0 Å². The van der Waals surface area contributed by atoms with E-state index in [1.165, 1.54) is 24.3 Å². The highest BCUT2D eigenvalue weighted by atomic mass is 32.1. The van der Waals surface area contributed by atoms with E-state index in [0.717, 1.165) is 13.1 Å². The van der Waals surface area contributed by atoms with E-state index in [1.807, 2.05) is 4.90 Å². The van der Waals surface area contributed by atoms with Crippen molar-refractivity contribution in [1.82, 2.24) is 14.7 Å². The van der Waals surface area contributed by atoms with Crippen LogP contribution in [0.2, 0.25) is 0 Å². The van der Waals surface area contributed by atoms with E-state index in [2.05, 4.69) is 10.2 Å². The minimum Gasteiger partial charge on any atom is -0.379 e. The van der Waals surface area contributed by atoms with Crippen molar-refractivity contribution >= 4 is 28.9 Å². The molecule has 2 aromatic carbocycles. The van der Waals surface area contributed by atoms with Crippen molar-refractivity contribution in [2.45, 2.75) is 6.10 Å². The molecule has 0 aliphatic carbocycles. The Bertz CT molecular complexity index is 1000. The van der Waals surface area contributed by atoms with Crippen LogP contribution >= 0.6 is 12.2 Å². The molecule has 1 N–H and O–H groups in total. The summed E-state index contributed by atoms with van der Waals surface area (Å²) in [7, 11) is 0. The summed E-state index contributed by atoms with van der Waals surface area (Å²) < 4.78 is 39.0. The summed E-state index contributed by atoms with van der Waals surface area (Å²) >= 11 is 5.55. The number of amides is 1. The average molecular weight is 505 g/mol. The van der Waals surface area contributed by atoms with Gasteiger partial charge in [-0.25, -0.2) is 8.78 Å². The maximum Gasteiger partial charge on any atom is 0.256 e. The molecule has 7 nitrogen and oxygen atoms in total. The fourth-order valence-corrected chi connectivity index (χ4v) is 4.45. The first-order chi connectivity index (χ1) is 17.0.